The van der Waals surface area contributed by atoms with Gasteiger partial charge in [-0.3, -0.25) is 0 Å². The first-order chi connectivity index (χ1) is 8.20. The minimum atomic E-state index is 0.406. The average molecular weight is 274 g/mol. The molecule has 1 saturated carbocycles. The van der Waals surface area contributed by atoms with Gasteiger partial charge in [-0.2, -0.15) is 4.37 Å². The number of nitrogens with zero attached hydrogens (tertiary/aromatic N) is 2. The molecule has 1 aromatic heterocycles. The fourth-order valence-corrected chi connectivity index (χ4v) is 3.47. The van der Waals surface area contributed by atoms with Gasteiger partial charge in [0.2, 0.25) is 5.13 Å². The summed E-state index contributed by atoms with van der Waals surface area (Å²) in [6.45, 7) is 5.22. The van der Waals surface area contributed by atoms with Crippen LogP contribution in [-0.4, -0.2) is 21.8 Å². The van der Waals surface area contributed by atoms with Crippen LogP contribution in [0.5, 0.6) is 0 Å². The standard InChI is InChI=1S/C12H20ClN3S/c1-8(2)11-15-12(17-16-11)14-7-10-5-3-4-9(10)6-13/h8-10H,3-7H2,1-2H3,(H,14,15,16). The van der Waals surface area contributed by atoms with Crippen LogP contribution in [0.3, 0.4) is 0 Å². The number of halogens is 1. The van der Waals surface area contributed by atoms with E-state index in [1.54, 1.807) is 0 Å². The van der Waals surface area contributed by atoms with E-state index < -0.39 is 0 Å². The zero-order valence-corrected chi connectivity index (χ0v) is 12.0. The number of hydrogen-bond donors (Lipinski definition) is 1. The lowest BCUT2D eigenvalue weighted by Crippen LogP contribution is -2.19. The van der Waals surface area contributed by atoms with Crippen LogP contribution < -0.4 is 5.32 Å². The fourth-order valence-electron chi connectivity index (χ4n) is 2.35. The number of nitrogens with one attached hydrogen (secondary N) is 1. The number of aromatic nitrogens is 2. The molecule has 0 spiro atoms. The highest BCUT2D eigenvalue weighted by molar-refractivity contribution is 7.09. The maximum atomic E-state index is 5.98. The van der Waals surface area contributed by atoms with Gasteiger partial charge in [-0.25, -0.2) is 4.98 Å². The number of anilines is 1. The Morgan fingerprint density at radius 2 is 2.18 bits per heavy atom. The smallest absolute Gasteiger partial charge is 0.202 e. The molecule has 1 fully saturated rings. The largest absolute Gasteiger partial charge is 0.360 e. The van der Waals surface area contributed by atoms with Crippen LogP contribution in [0.4, 0.5) is 5.13 Å². The molecule has 0 aliphatic heterocycles. The molecule has 2 atom stereocenters. The van der Waals surface area contributed by atoms with Crippen molar-refractivity contribution in [3.05, 3.63) is 5.82 Å². The van der Waals surface area contributed by atoms with Crippen LogP contribution in [0.2, 0.25) is 0 Å². The van der Waals surface area contributed by atoms with Gasteiger partial charge in [0, 0.05) is 29.9 Å². The molecule has 3 nitrogen and oxygen atoms in total. The minimum Gasteiger partial charge on any atom is -0.360 e. The summed E-state index contributed by atoms with van der Waals surface area (Å²) in [6, 6.07) is 0. The van der Waals surface area contributed by atoms with Gasteiger partial charge in [0.05, 0.1) is 0 Å². The average Bonchev–Trinajstić information content (AvgIpc) is 2.95. The molecule has 0 bridgehead atoms. The Labute approximate surface area is 112 Å². The van der Waals surface area contributed by atoms with E-state index in [0.29, 0.717) is 17.8 Å². The molecular weight excluding hydrogens is 254 g/mol. The van der Waals surface area contributed by atoms with Gasteiger partial charge in [-0.05, 0) is 24.7 Å². The monoisotopic (exact) mass is 273 g/mol. The van der Waals surface area contributed by atoms with E-state index in [0.717, 1.165) is 23.4 Å². The normalized spacial score (nSPS) is 24.5. The Balaban J connectivity index is 1.84. The van der Waals surface area contributed by atoms with Gasteiger partial charge in [0.15, 0.2) is 0 Å². The molecule has 2 rings (SSSR count). The third kappa shape index (κ3) is 3.32. The van der Waals surface area contributed by atoms with Gasteiger partial charge in [0.25, 0.3) is 0 Å². The van der Waals surface area contributed by atoms with Crippen molar-refractivity contribution in [2.75, 3.05) is 17.7 Å². The molecule has 0 amide bonds. The Kier molecular flexibility index (Phi) is 4.62. The van der Waals surface area contributed by atoms with Crippen molar-refractivity contribution in [2.45, 2.75) is 39.0 Å². The number of rotatable bonds is 5. The van der Waals surface area contributed by atoms with Crippen LogP contribution in [0.1, 0.15) is 44.9 Å². The van der Waals surface area contributed by atoms with Crippen molar-refractivity contribution in [2.24, 2.45) is 11.8 Å². The summed E-state index contributed by atoms with van der Waals surface area (Å²) < 4.78 is 4.34. The van der Waals surface area contributed by atoms with Crippen molar-refractivity contribution in [1.29, 1.82) is 0 Å². The molecule has 96 valence electrons. The van der Waals surface area contributed by atoms with E-state index in [1.165, 1.54) is 30.8 Å². The van der Waals surface area contributed by atoms with Gasteiger partial charge in [-0.15, -0.1) is 11.6 Å². The van der Waals surface area contributed by atoms with Crippen LogP contribution in [0.15, 0.2) is 0 Å². The van der Waals surface area contributed by atoms with Crippen molar-refractivity contribution in [3.8, 4) is 0 Å². The Hall–Kier alpha value is -0.350. The summed E-state index contributed by atoms with van der Waals surface area (Å²) in [5, 5.41) is 4.37. The highest BCUT2D eigenvalue weighted by atomic mass is 35.5. The molecule has 5 heteroatoms. The molecule has 17 heavy (non-hydrogen) atoms. The SMILES string of the molecule is CC(C)c1nsc(NCC2CCCC2CCl)n1. The topological polar surface area (TPSA) is 37.8 Å². The molecule has 0 radical (unpaired) electrons. The summed E-state index contributed by atoms with van der Waals surface area (Å²) in [7, 11) is 0. The Bertz CT molecular complexity index is 353. The second-order valence-corrected chi connectivity index (χ2v) is 6.16. The van der Waals surface area contributed by atoms with E-state index in [-0.39, 0.29) is 0 Å². The first-order valence-corrected chi connectivity index (χ1v) is 7.65. The predicted molar refractivity (Wildman–Crippen MR) is 74.0 cm³/mol. The molecule has 1 aromatic rings. The second-order valence-electron chi connectivity index (χ2n) is 5.10. The van der Waals surface area contributed by atoms with E-state index in [4.69, 9.17) is 11.6 Å². The number of hydrogen-bond acceptors (Lipinski definition) is 4. The summed E-state index contributed by atoms with van der Waals surface area (Å²) in [4.78, 5) is 4.48. The Morgan fingerprint density at radius 3 is 2.82 bits per heavy atom. The second kappa shape index (κ2) is 6.01. The lowest BCUT2D eigenvalue weighted by Gasteiger charge is -2.16. The fraction of sp³-hybridized carbons (Fsp3) is 0.833. The maximum absolute atomic E-state index is 5.98. The summed E-state index contributed by atoms with van der Waals surface area (Å²) >= 11 is 7.44. The van der Waals surface area contributed by atoms with Crippen molar-refractivity contribution in [3.63, 3.8) is 0 Å². The molecule has 2 unspecified atom stereocenters. The molecule has 1 aliphatic carbocycles. The summed E-state index contributed by atoms with van der Waals surface area (Å²) in [6.07, 6.45) is 3.89. The first-order valence-electron chi connectivity index (χ1n) is 6.34. The lowest BCUT2D eigenvalue weighted by molar-refractivity contribution is 0.444. The van der Waals surface area contributed by atoms with Gasteiger partial charge < -0.3 is 5.32 Å². The zero-order chi connectivity index (χ0) is 12.3. The van der Waals surface area contributed by atoms with Crippen molar-refractivity contribution in [1.82, 2.24) is 9.36 Å². The molecule has 0 saturated heterocycles. The quantitative estimate of drug-likeness (QED) is 0.831. The van der Waals surface area contributed by atoms with Crippen LogP contribution in [0, 0.1) is 11.8 Å². The first kappa shape index (κ1) is 13.1. The summed E-state index contributed by atoms with van der Waals surface area (Å²) in [5.74, 6) is 3.53. The molecule has 1 aliphatic rings. The highest BCUT2D eigenvalue weighted by Crippen LogP contribution is 2.32. The van der Waals surface area contributed by atoms with Gasteiger partial charge in [-0.1, -0.05) is 20.3 Å². The van der Waals surface area contributed by atoms with Gasteiger partial charge >= 0.3 is 0 Å². The predicted octanol–water partition coefficient (Wildman–Crippen LogP) is 3.73. The highest BCUT2D eigenvalue weighted by Gasteiger charge is 2.26. The molecular formula is C12H20ClN3S. The maximum Gasteiger partial charge on any atom is 0.202 e. The van der Waals surface area contributed by atoms with Crippen LogP contribution in [-0.2, 0) is 0 Å². The van der Waals surface area contributed by atoms with Crippen LogP contribution in [0.25, 0.3) is 0 Å². The van der Waals surface area contributed by atoms with Gasteiger partial charge in [0.1, 0.15) is 5.82 Å². The molecule has 1 heterocycles. The molecule has 1 N–H and O–H groups in total. The number of alkyl halides is 1. The molecule has 0 aromatic carbocycles. The van der Waals surface area contributed by atoms with E-state index in [1.807, 2.05) is 0 Å². The lowest BCUT2D eigenvalue weighted by atomic mass is 9.98. The zero-order valence-electron chi connectivity index (χ0n) is 10.4. The van der Waals surface area contributed by atoms with E-state index >= 15 is 0 Å². The van der Waals surface area contributed by atoms with Crippen molar-refractivity contribution >= 4 is 28.3 Å². The minimum absolute atomic E-state index is 0.406. The third-order valence-electron chi connectivity index (χ3n) is 3.49. The van der Waals surface area contributed by atoms with Crippen molar-refractivity contribution < 1.29 is 0 Å². The van der Waals surface area contributed by atoms with Crippen LogP contribution >= 0.6 is 23.1 Å². The Morgan fingerprint density at radius 1 is 1.41 bits per heavy atom. The third-order valence-corrected chi connectivity index (χ3v) is 4.57. The summed E-state index contributed by atoms with van der Waals surface area (Å²) in [5.41, 5.74) is 0. The van der Waals surface area contributed by atoms with E-state index in [9.17, 15) is 0 Å². The van der Waals surface area contributed by atoms with E-state index in [2.05, 4.69) is 28.5 Å².